The summed E-state index contributed by atoms with van der Waals surface area (Å²) in [5.41, 5.74) is 10.5. The molecule has 1 aliphatic heterocycles. The van der Waals surface area contributed by atoms with Crippen molar-refractivity contribution in [3.63, 3.8) is 0 Å². The van der Waals surface area contributed by atoms with Crippen LogP contribution in [0.3, 0.4) is 0 Å². The topological polar surface area (TPSA) is 21.3 Å². The molecule has 2 aliphatic rings. The molecule has 38 heavy (non-hydrogen) atoms. The predicted octanol–water partition coefficient (Wildman–Crippen LogP) is 10.4. The zero-order chi connectivity index (χ0) is 26.1. The molecule has 1 N–H and O–H groups in total. The van der Waals surface area contributed by atoms with E-state index in [1.54, 1.807) is 0 Å². The minimum atomic E-state index is 0.171. The zero-order valence-corrected chi connectivity index (χ0v) is 22.6. The molecule has 1 aliphatic carbocycles. The second kappa shape index (κ2) is 8.23. The molecule has 0 aromatic heterocycles. The number of anilines is 2. The molecule has 2 heteroatoms. The minimum Gasteiger partial charge on any atom is -0.456 e. The van der Waals surface area contributed by atoms with Gasteiger partial charge in [0.15, 0.2) is 0 Å². The van der Waals surface area contributed by atoms with Crippen molar-refractivity contribution >= 4 is 22.1 Å². The number of benzene rings is 5. The van der Waals surface area contributed by atoms with Crippen LogP contribution in [-0.2, 0) is 10.8 Å². The van der Waals surface area contributed by atoms with Crippen LogP contribution in [0, 0.1) is 0 Å². The third kappa shape index (κ3) is 3.62. The normalized spacial score (nSPS) is 16.3. The fourth-order valence-electron chi connectivity index (χ4n) is 6.51. The predicted molar refractivity (Wildman–Crippen MR) is 160 cm³/mol. The number of hydrogen-bond donors (Lipinski definition) is 1. The summed E-state index contributed by atoms with van der Waals surface area (Å²) >= 11 is 0. The van der Waals surface area contributed by atoms with Gasteiger partial charge in [0.25, 0.3) is 0 Å². The lowest BCUT2D eigenvalue weighted by Crippen LogP contribution is -2.34. The molecular formula is C36H33NO. The Morgan fingerprint density at radius 3 is 2.11 bits per heavy atom. The van der Waals surface area contributed by atoms with E-state index in [-0.39, 0.29) is 10.8 Å². The number of hydrogen-bond acceptors (Lipinski definition) is 2. The van der Waals surface area contributed by atoms with E-state index in [4.69, 9.17) is 4.74 Å². The van der Waals surface area contributed by atoms with Crippen LogP contribution in [0.25, 0.3) is 33.0 Å². The van der Waals surface area contributed by atoms with Gasteiger partial charge in [0.1, 0.15) is 11.5 Å². The maximum Gasteiger partial charge on any atom is 0.137 e. The summed E-state index contributed by atoms with van der Waals surface area (Å²) in [6.07, 6.45) is 2.44. The van der Waals surface area contributed by atoms with Crippen molar-refractivity contribution in [3.8, 4) is 33.8 Å². The molecule has 188 valence electrons. The summed E-state index contributed by atoms with van der Waals surface area (Å²) in [4.78, 5) is 0. The maximum atomic E-state index is 6.35. The molecule has 2 nitrogen and oxygen atoms in total. The van der Waals surface area contributed by atoms with E-state index in [9.17, 15) is 0 Å². The SMILES string of the molecule is CC1(C)CCC(C)(C)c2c(-c3ccc(Nc4ccc5c(c4)Oc4cccc6cccc-5c46)cc3)cccc21. The van der Waals surface area contributed by atoms with E-state index in [0.717, 1.165) is 28.4 Å². The Labute approximate surface area is 225 Å². The lowest BCUT2D eigenvalue weighted by Gasteiger charge is -2.43. The van der Waals surface area contributed by atoms with Gasteiger partial charge in [-0.15, -0.1) is 0 Å². The Morgan fingerprint density at radius 2 is 1.29 bits per heavy atom. The molecule has 1 heterocycles. The molecule has 7 rings (SSSR count). The van der Waals surface area contributed by atoms with Crippen LogP contribution in [0.1, 0.15) is 51.7 Å². The largest absolute Gasteiger partial charge is 0.456 e. The summed E-state index contributed by atoms with van der Waals surface area (Å²) in [7, 11) is 0. The highest BCUT2D eigenvalue weighted by Crippen LogP contribution is 2.50. The van der Waals surface area contributed by atoms with Crippen molar-refractivity contribution in [1.82, 2.24) is 0 Å². The lowest BCUT2D eigenvalue weighted by atomic mass is 9.61. The molecule has 0 amide bonds. The van der Waals surface area contributed by atoms with Gasteiger partial charge in [0, 0.05) is 28.4 Å². The van der Waals surface area contributed by atoms with Crippen LogP contribution >= 0.6 is 0 Å². The maximum absolute atomic E-state index is 6.35. The quantitative estimate of drug-likeness (QED) is 0.264. The molecule has 0 spiro atoms. The molecular weight excluding hydrogens is 462 g/mol. The Morgan fingerprint density at radius 1 is 0.605 bits per heavy atom. The Bertz CT molecular complexity index is 1700. The highest BCUT2D eigenvalue weighted by Gasteiger charge is 2.38. The van der Waals surface area contributed by atoms with E-state index < -0.39 is 0 Å². The number of fused-ring (bicyclic) bond motifs is 3. The van der Waals surface area contributed by atoms with Crippen LogP contribution in [0.4, 0.5) is 11.4 Å². The monoisotopic (exact) mass is 495 g/mol. The molecule has 0 atom stereocenters. The summed E-state index contributed by atoms with van der Waals surface area (Å²) in [6, 6.07) is 34.9. The molecule has 0 unspecified atom stereocenters. The van der Waals surface area contributed by atoms with Crippen molar-refractivity contribution in [2.75, 3.05) is 5.32 Å². The number of nitrogens with one attached hydrogen (secondary N) is 1. The van der Waals surface area contributed by atoms with Gasteiger partial charge in [-0.05, 0) is 87.2 Å². The van der Waals surface area contributed by atoms with Crippen molar-refractivity contribution in [2.24, 2.45) is 0 Å². The average molecular weight is 496 g/mol. The summed E-state index contributed by atoms with van der Waals surface area (Å²) in [5, 5.41) is 5.99. The van der Waals surface area contributed by atoms with Gasteiger partial charge in [-0.25, -0.2) is 0 Å². The van der Waals surface area contributed by atoms with Crippen molar-refractivity contribution in [3.05, 3.63) is 108 Å². The first kappa shape index (κ1) is 23.1. The van der Waals surface area contributed by atoms with Crippen LogP contribution in [-0.4, -0.2) is 0 Å². The lowest BCUT2D eigenvalue weighted by molar-refractivity contribution is 0.333. The third-order valence-corrected chi connectivity index (χ3v) is 8.69. The Hall–Kier alpha value is -4.04. The first-order valence-corrected chi connectivity index (χ1v) is 13.7. The molecule has 0 fully saturated rings. The van der Waals surface area contributed by atoms with Gasteiger partial charge >= 0.3 is 0 Å². The minimum absolute atomic E-state index is 0.171. The molecule has 0 saturated carbocycles. The summed E-state index contributed by atoms with van der Waals surface area (Å²) in [5.74, 6) is 1.81. The highest BCUT2D eigenvalue weighted by atomic mass is 16.5. The fraction of sp³-hybridized carbons (Fsp3) is 0.222. The van der Waals surface area contributed by atoms with Crippen molar-refractivity contribution < 1.29 is 4.74 Å². The Balaban J connectivity index is 1.20. The van der Waals surface area contributed by atoms with E-state index in [1.165, 1.54) is 51.4 Å². The summed E-state index contributed by atoms with van der Waals surface area (Å²) < 4.78 is 6.35. The van der Waals surface area contributed by atoms with Crippen molar-refractivity contribution in [2.45, 2.75) is 51.4 Å². The first-order valence-electron chi connectivity index (χ1n) is 13.7. The molecule has 5 aromatic rings. The van der Waals surface area contributed by atoms with Gasteiger partial charge in [-0.3, -0.25) is 0 Å². The second-order valence-corrected chi connectivity index (χ2v) is 12.2. The van der Waals surface area contributed by atoms with Crippen LogP contribution in [0.5, 0.6) is 11.5 Å². The van der Waals surface area contributed by atoms with Gasteiger partial charge in [-0.2, -0.15) is 0 Å². The van der Waals surface area contributed by atoms with E-state index in [1.807, 2.05) is 0 Å². The van der Waals surface area contributed by atoms with Crippen molar-refractivity contribution in [1.29, 1.82) is 0 Å². The number of ether oxygens (including phenoxy) is 1. The second-order valence-electron chi connectivity index (χ2n) is 12.2. The van der Waals surface area contributed by atoms with Crippen LogP contribution in [0.2, 0.25) is 0 Å². The third-order valence-electron chi connectivity index (χ3n) is 8.69. The van der Waals surface area contributed by atoms with E-state index in [2.05, 4.69) is 130 Å². The summed E-state index contributed by atoms with van der Waals surface area (Å²) in [6.45, 7) is 9.58. The molecule has 0 saturated heterocycles. The van der Waals surface area contributed by atoms with Crippen LogP contribution < -0.4 is 10.1 Å². The molecule has 0 bridgehead atoms. The smallest absolute Gasteiger partial charge is 0.137 e. The highest BCUT2D eigenvalue weighted by molar-refractivity contribution is 6.04. The van der Waals surface area contributed by atoms with E-state index >= 15 is 0 Å². The molecule has 0 radical (unpaired) electrons. The standard InChI is InChI=1S/C36H33NO/c1-35(2)20-21-36(3,4)34-27(10-7-12-30(34)35)23-14-16-25(17-15-23)37-26-18-19-28-29-11-5-8-24-9-6-13-31(33(24)29)38-32(28)22-26/h5-19,22,37H,20-21H2,1-4H3. The van der Waals surface area contributed by atoms with E-state index in [0.29, 0.717) is 0 Å². The van der Waals surface area contributed by atoms with Crippen LogP contribution in [0.15, 0.2) is 97.1 Å². The first-order chi connectivity index (χ1) is 18.3. The fourth-order valence-corrected chi connectivity index (χ4v) is 6.51. The number of rotatable bonds is 3. The zero-order valence-electron chi connectivity index (χ0n) is 22.6. The average Bonchev–Trinajstić information content (AvgIpc) is 2.92. The molecule has 5 aromatic carbocycles. The van der Waals surface area contributed by atoms with Gasteiger partial charge in [0.2, 0.25) is 0 Å². The van der Waals surface area contributed by atoms with Gasteiger partial charge in [0.05, 0.1) is 0 Å². The van der Waals surface area contributed by atoms with Gasteiger partial charge < -0.3 is 10.1 Å². The Kier molecular flexibility index (Phi) is 5.00. The van der Waals surface area contributed by atoms with Gasteiger partial charge in [-0.1, -0.05) is 88.4 Å².